The third-order valence-electron chi connectivity index (χ3n) is 4.41. The van der Waals surface area contributed by atoms with Crippen molar-refractivity contribution in [1.29, 1.82) is 0 Å². The average Bonchev–Trinajstić information content (AvgIpc) is 2.98. The molecule has 1 unspecified atom stereocenters. The second-order valence-corrected chi connectivity index (χ2v) is 6.45. The summed E-state index contributed by atoms with van der Waals surface area (Å²) in [6.45, 7) is 3.61. The molecule has 4 rings (SSSR count). The van der Waals surface area contributed by atoms with E-state index in [4.69, 9.17) is 4.74 Å². The lowest BCUT2D eigenvalue weighted by molar-refractivity contribution is -0.127. The topological polar surface area (TPSA) is 74.4 Å². The van der Waals surface area contributed by atoms with Crippen LogP contribution in [0.2, 0.25) is 0 Å². The van der Waals surface area contributed by atoms with Crippen LogP contribution in [0, 0.1) is 6.92 Å². The van der Waals surface area contributed by atoms with Gasteiger partial charge in [-0.25, -0.2) is 0 Å². The Kier molecular flexibility index (Phi) is 3.88. The number of ether oxygens (including phenoxy) is 1. The molecule has 3 aromatic rings. The molecule has 0 radical (unpaired) electrons. The van der Waals surface area contributed by atoms with E-state index in [0.717, 1.165) is 16.6 Å². The Balaban J connectivity index is 1.54. The number of aryl methyl sites for hydroxylation is 1. The number of nitrogens with zero attached hydrogens (tertiary/aromatic N) is 1. The van der Waals surface area contributed by atoms with Gasteiger partial charge >= 0.3 is 0 Å². The predicted octanol–water partition coefficient (Wildman–Crippen LogP) is 3.23. The maximum atomic E-state index is 12.5. The summed E-state index contributed by atoms with van der Waals surface area (Å²) in [6.07, 6.45) is -0.614. The predicted molar refractivity (Wildman–Crippen MR) is 101 cm³/mol. The molecule has 2 heterocycles. The van der Waals surface area contributed by atoms with Crippen LogP contribution in [0.3, 0.4) is 0 Å². The number of para-hydroxylation sites is 2. The minimum Gasteiger partial charge on any atom is -0.479 e. The molecule has 0 bridgehead atoms. The van der Waals surface area contributed by atoms with Gasteiger partial charge in [-0.05, 0) is 50.2 Å². The first kappa shape index (κ1) is 16.2. The summed E-state index contributed by atoms with van der Waals surface area (Å²) in [6, 6.07) is 14.9. The number of hydrogen-bond acceptors (Lipinski definition) is 3. The van der Waals surface area contributed by atoms with Gasteiger partial charge in [0, 0.05) is 22.3 Å². The number of aromatic nitrogens is 1. The highest BCUT2D eigenvalue weighted by Crippen LogP contribution is 2.33. The van der Waals surface area contributed by atoms with E-state index in [1.165, 1.54) is 4.90 Å². The number of amides is 2. The molecule has 26 heavy (non-hydrogen) atoms. The molecule has 2 amide bonds. The van der Waals surface area contributed by atoms with E-state index in [9.17, 15) is 9.59 Å². The van der Waals surface area contributed by atoms with Gasteiger partial charge in [-0.15, -0.1) is 0 Å². The van der Waals surface area contributed by atoms with Crippen molar-refractivity contribution in [3.05, 3.63) is 54.2 Å². The molecule has 1 aromatic heterocycles. The molecule has 0 aliphatic carbocycles. The van der Waals surface area contributed by atoms with Gasteiger partial charge in [0.15, 0.2) is 6.10 Å². The van der Waals surface area contributed by atoms with E-state index in [-0.39, 0.29) is 18.4 Å². The average molecular weight is 349 g/mol. The quantitative estimate of drug-likeness (QED) is 0.762. The zero-order valence-electron chi connectivity index (χ0n) is 14.6. The van der Waals surface area contributed by atoms with Gasteiger partial charge in [-0.1, -0.05) is 12.1 Å². The van der Waals surface area contributed by atoms with Gasteiger partial charge in [0.2, 0.25) is 5.91 Å². The van der Waals surface area contributed by atoms with Crippen LogP contribution in [0.1, 0.15) is 12.6 Å². The van der Waals surface area contributed by atoms with Crippen LogP contribution in [0.15, 0.2) is 48.5 Å². The maximum Gasteiger partial charge on any atom is 0.268 e. The van der Waals surface area contributed by atoms with Crippen molar-refractivity contribution in [3.63, 3.8) is 0 Å². The largest absolute Gasteiger partial charge is 0.479 e. The van der Waals surface area contributed by atoms with Gasteiger partial charge in [0.1, 0.15) is 12.3 Å². The Morgan fingerprint density at radius 1 is 1.23 bits per heavy atom. The van der Waals surface area contributed by atoms with Crippen molar-refractivity contribution >= 4 is 34.1 Å². The van der Waals surface area contributed by atoms with E-state index >= 15 is 0 Å². The van der Waals surface area contributed by atoms with Crippen molar-refractivity contribution in [2.75, 3.05) is 16.8 Å². The van der Waals surface area contributed by atoms with Crippen molar-refractivity contribution in [2.45, 2.75) is 20.0 Å². The number of anilines is 2. The number of carbonyl (C=O) groups excluding carboxylic acids is 2. The first-order chi connectivity index (χ1) is 12.5. The molecule has 0 saturated heterocycles. The molecule has 0 saturated carbocycles. The smallest absolute Gasteiger partial charge is 0.268 e. The summed E-state index contributed by atoms with van der Waals surface area (Å²) >= 11 is 0. The summed E-state index contributed by atoms with van der Waals surface area (Å²) in [4.78, 5) is 29.7. The molecule has 6 heteroatoms. The van der Waals surface area contributed by atoms with Gasteiger partial charge in [-0.2, -0.15) is 0 Å². The molecule has 1 aliphatic rings. The molecular formula is C20H19N3O3. The Morgan fingerprint density at radius 3 is 2.88 bits per heavy atom. The highest BCUT2D eigenvalue weighted by molar-refractivity contribution is 6.06. The number of aromatic amines is 1. The number of fused-ring (bicyclic) bond motifs is 2. The number of benzene rings is 2. The summed E-state index contributed by atoms with van der Waals surface area (Å²) in [5.74, 6) is 0.126. The van der Waals surface area contributed by atoms with Crippen LogP contribution in [-0.2, 0) is 9.59 Å². The van der Waals surface area contributed by atoms with E-state index in [1.54, 1.807) is 19.1 Å². The summed E-state index contributed by atoms with van der Waals surface area (Å²) in [5, 5.41) is 3.90. The number of carbonyl (C=O) groups is 2. The Morgan fingerprint density at radius 2 is 2.04 bits per heavy atom. The first-order valence-corrected chi connectivity index (χ1v) is 8.47. The fourth-order valence-electron chi connectivity index (χ4n) is 3.22. The molecule has 132 valence electrons. The van der Waals surface area contributed by atoms with Gasteiger partial charge in [-0.3, -0.25) is 14.5 Å². The molecule has 0 fully saturated rings. The van der Waals surface area contributed by atoms with Gasteiger partial charge in [0.05, 0.1) is 5.69 Å². The number of nitrogens with one attached hydrogen (secondary N) is 2. The zero-order chi connectivity index (χ0) is 18.3. The minimum absolute atomic E-state index is 0.0618. The Hall–Kier alpha value is -3.28. The third kappa shape index (κ3) is 2.90. The van der Waals surface area contributed by atoms with Gasteiger partial charge < -0.3 is 15.0 Å². The monoisotopic (exact) mass is 349 g/mol. The summed E-state index contributed by atoms with van der Waals surface area (Å²) < 4.78 is 5.60. The molecule has 1 atom stereocenters. The van der Waals surface area contributed by atoms with Crippen LogP contribution < -0.4 is 15.0 Å². The van der Waals surface area contributed by atoms with E-state index in [0.29, 0.717) is 17.1 Å². The molecule has 0 spiro atoms. The van der Waals surface area contributed by atoms with Crippen LogP contribution in [0.4, 0.5) is 11.4 Å². The lowest BCUT2D eigenvalue weighted by atomic mass is 10.2. The fraction of sp³-hybridized carbons (Fsp3) is 0.200. The number of rotatable bonds is 3. The molecule has 1 aliphatic heterocycles. The highest BCUT2D eigenvalue weighted by atomic mass is 16.5. The van der Waals surface area contributed by atoms with Crippen molar-refractivity contribution in [2.24, 2.45) is 0 Å². The SMILES string of the molecule is Cc1cc2cc(NC(=O)CN3C(=O)C(C)Oc4ccccc43)ccc2[nH]1. The van der Waals surface area contributed by atoms with E-state index in [2.05, 4.69) is 10.3 Å². The third-order valence-corrected chi connectivity index (χ3v) is 4.41. The van der Waals surface area contributed by atoms with Crippen molar-refractivity contribution in [3.8, 4) is 5.75 Å². The second-order valence-electron chi connectivity index (χ2n) is 6.45. The maximum absolute atomic E-state index is 12.5. The molecule has 2 aromatic carbocycles. The highest BCUT2D eigenvalue weighted by Gasteiger charge is 2.32. The zero-order valence-corrected chi connectivity index (χ0v) is 14.6. The van der Waals surface area contributed by atoms with Crippen LogP contribution in [-0.4, -0.2) is 29.4 Å². The Labute approximate surface area is 150 Å². The number of H-pyrrole nitrogens is 1. The number of hydrogen-bond donors (Lipinski definition) is 2. The van der Waals surface area contributed by atoms with Crippen molar-refractivity contribution < 1.29 is 14.3 Å². The lowest BCUT2D eigenvalue weighted by Gasteiger charge is -2.32. The molecular weight excluding hydrogens is 330 g/mol. The lowest BCUT2D eigenvalue weighted by Crippen LogP contribution is -2.47. The van der Waals surface area contributed by atoms with Crippen LogP contribution in [0.5, 0.6) is 5.75 Å². The summed E-state index contributed by atoms with van der Waals surface area (Å²) in [7, 11) is 0. The van der Waals surface area contributed by atoms with E-state index in [1.807, 2.05) is 43.3 Å². The fourth-order valence-corrected chi connectivity index (χ4v) is 3.22. The van der Waals surface area contributed by atoms with Gasteiger partial charge in [0.25, 0.3) is 5.91 Å². The molecule has 6 nitrogen and oxygen atoms in total. The first-order valence-electron chi connectivity index (χ1n) is 8.47. The van der Waals surface area contributed by atoms with Crippen LogP contribution >= 0.6 is 0 Å². The Bertz CT molecular complexity index is 1010. The molecule has 2 N–H and O–H groups in total. The summed E-state index contributed by atoms with van der Waals surface area (Å²) in [5.41, 5.74) is 3.39. The minimum atomic E-state index is -0.614. The van der Waals surface area contributed by atoms with Crippen LogP contribution in [0.25, 0.3) is 10.9 Å². The standard InChI is InChI=1S/C20H19N3O3/c1-12-9-14-10-15(7-8-16(14)21-12)22-19(24)11-23-17-5-3-4-6-18(17)26-13(2)20(23)25/h3-10,13,21H,11H2,1-2H3,(H,22,24). The van der Waals surface area contributed by atoms with E-state index < -0.39 is 6.10 Å². The normalized spacial score (nSPS) is 16.3. The second kappa shape index (κ2) is 6.22. The van der Waals surface area contributed by atoms with Crippen molar-refractivity contribution in [1.82, 2.24) is 4.98 Å².